The van der Waals surface area contributed by atoms with Crippen LogP contribution < -0.4 is 15.4 Å². The molecule has 0 aliphatic rings. The summed E-state index contributed by atoms with van der Waals surface area (Å²) in [6.07, 6.45) is 0. The third-order valence-electron chi connectivity index (χ3n) is 2.74. The number of benzene rings is 1. The number of hydrogen-bond donors (Lipinski definition) is 1. The van der Waals surface area contributed by atoms with Gasteiger partial charge in [-0.1, -0.05) is 6.92 Å². The van der Waals surface area contributed by atoms with E-state index in [4.69, 9.17) is 10.5 Å². The minimum absolute atomic E-state index is 0.0557. The molecule has 1 atom stereocenters. The number of amides is 1. The van der Waals surface area contributed by atoms with E-state index in [0.29, 0.717) is 13.1 Å². The molecule has 0 saturated heterocycles. The smallest absolute Gasteiger partial charge is 0.231 e. The summed E-state index contributed by atoms with van der Waals surface area (Å²) in [5.74, 6) is 0.682. The Morgan fingerprint density at radius 3 is 2.41 bits per heavy atom. The van der Waals surface area contributed by atoms with Gasteiger partial charge in [-0.3, -0.25) is 4.79 Å². The van der Waals surface area contributed by atoms with Gasteiger partial charge in [0.1, 0.15) is 5.75 Å². The lowest BCUT2D eigenvalue weighted by molar-refractivity contribution is -0.121. The van der Waals surface area contributed by atoms with Crippen molar-refractivity contribution in [3.8, 4) is 5.75 Å². The third kappa shape index (κ3) is 3.20. The van der Waals surface area contributed by atoms with Gasteiger partial charge in [0, 0.05) is 24.7 Å². The molecule has 0 fully saturated rings. The Labute approximate surface area is 102 Å². The maximum absolute atomic E-state index is 12.1. The minimum atomic E-state index is -0.156. The summed E-state index contributed by atoms with van der Waals surface area (Å²) < 4.78 is 5.09. The summed E-state index contributed by atoms with van der Waals surface area (Å²) in [4.78, 5) is 13.8. The molecule has 17 heavy (non-hydrogen) atoms. The summed E-state index contributed by atoms with van der Waals surface area (Å²) in [5.41, 5.74) is 6.40. The van der Waals surface area contributed by atoms with E-state index in [0.717, 1.165) is 11.4 Å². The van der Waals surface area contributed by atoms with E-state index in [2.05, 4.69) is 0 Å². The van der Waals surface area contributed by atoms with Gasteiger partial charge >= 0.3 is 0 Å². The Bertz CT molecular complexity index is 362. The molecule has 4 nitrogen and oxygen atoms in total. The van der Waals surface area contributed by atoms with Crippen LogP contribution in [0, 0.1) is 5.92 Å². The molecule has 4 heteroatoms. The van der Waals surface area contributed by atoms with E-state index >= 15 is 0 Å². The van der Waals surface area contributed by atoms with Gasteiger partial charge in [0.05, 0.1) is 7.11 Å². The van der Waals surface area contributed by atoms with Crippen molar-refractivity contribution in [1.29, 1.82) is 0 Å². The SMILES string of the molecule is CCN(C(=O)C(C)CN)c1ccc(OC)cc1. The molecule has 0 spiro atoms. The standard InChI is InChI=1S/C13H20N2O2/c1-4-15(13(16)10(2)9-14)11-5-7-12(17-3)8-6-11/h5-8,10H,4,9,14H2,1-3H3. The lowest BCUT2D eigenvalue weighted by Crippen LogP contribution is -2.37. The molecule has 1 amide bonds. The highest BCUT2D eigenvalue weighted by Gasteiger charge is 2.19. The largest absolute Gasteiger partial charge is 0.497 e. The van der Waals surface area contributed by atoms with E-state index in [1.165, 1.54) is 0 Å². The maximum Gasteiger partial charge on any atom is 0.231 e. The summed E-state index contributed by atoms with van der Waals surface area (Å²) in [6, 6.07) is 7.45. The van der Waals surface area contributed by atoms with E-state index in [9.17, 15) is 4.79 Å². The van der Waals surface area contributed by atoms with Gasteiger partial charge in [-0.25, -0.2) is 0 Å². The quantitative estimate of drug-likeness (QED) is 0.845. The Hall–Kier alpha value is -1.55. The molecular formula is C13H20N2O2. The van der Waals surface area contributed by atoms with Gasteiger partial charge in [0.15, 0.2) is 0 Å². The van der Waals surface area contributed by atoms with E-state index < -0.39 is 0 Å². The average molecular weight is 236 g/mol. The van der Waals surface area contributed by atoms with Crippen molar-refractivity contribution in [1.82, 2.24) is 0 Å². The summed E-state index contributed by atoms with van der Waals surface area (Å²) in [5, 5.41) is 0. The number of anilines is 1. The molecule has 0 aromatic heterocycles. The van der Waals surface area contributed by atoms with Crippen LogP contribution in [0.1, 0.15) is 13.8 Å². The van der Waals surface area contributed by atoms with Crippen molar-refractivity contribution < 1.29 is 9.53 Å². The molecule has 1 aromatic carbocycles. The number of rotatable bonds is 5. The lowest BCUT2D eigenvalue weighted by atomic mass is 10.1. The van der Waals surface area contributed by atoms with Crippen molar-refractivity contribution in [3.63, 3.8) is 0 Å². The van der Waals surface area contributed by atoms with Gasteiger partial charge in [0.2, 0.25) is 5.91 Å². The van der Waals surface area contributed by atoms with Crippen LogP contribution in [-0.2, 0) is 4.79 Å². The molecule has 1 unspecified atom stereocenters. The summed E-state index contributed by atoms with van der Waals surface area (Å²) in [6.45, 7) is 4.79. The van der Waals surface area contributed by atoms with Crippen molar-refractivity contribution in [2.24, 2.45) is 11.7 Å². The molecule has 1 rings (SSSR count). The van der Waals surface area contributed by atoms with Crippen LogP contribution in [0.3, 0.4) is 0 Å². The predicted octanol–water partition coefficient (Wildman–Crippen LogP) is 1.64. The Morgan fingerprint density at radius 1 is 1.41 bits per heavy atom. The second-order valence-electron chi connectivity index (χ2n) is 3.92. The first-order valence-electron chi connectivity index (χ1n) is 5.79. The third-order valence-corrected chi connectivity index (χ3v) is 2.74. The molecule has 0 saturated carbocycles. The van der Waals surface area contributed by atoms with Crippen LogP contribution in [-0.4, -0.2) is 26.1 Å². The number of nitrogens with two attached hydrogens (primary N) is 1. The van der Waals surface area contributed by atoms with Crippen LogP contribution in [0.5, 0.6) is 5.75 Å². The zero-order valence-corrected chi connectivity index (χ0v) is 10.6. The minimum Gasteiger partial charge on any atom is -0.497 e. The number of carbonyl (C=O) groups excluding carboxylic acids is 1. The van der Waals surface area contributed by atoms with Crippen LogP contribution in [0.15, 0.2) is 24.3 Å². The van der Waals surface area contributed by atoms with Gasteiger partial charge in [-0.05, 0) is 31.2 Å². The van der Waals surface area contributed by atoms with Gasteiger partial charge < -0.3 is 15.4 Å². The molecular weight excluding hydrogens is 216 g/mol. The maximum atomic E-state index is 12.1. The molecule has 94 valence electrons. The highest BCUT2D eigenvalue weighted by Crippen LogP contribution is 2.20. The molecule has 0 bridgehead atoms. The van der Waals surface area contributed by atoms with Crippen molar-refractivity contribution in [3.05, 3.63) is 24.3 Å². The van der Waals surface area contributed by atoms with Crippen molar-refractivity contribution in [2.75, 3.05) is 25.1 Å². The fourth-order valence-electron chi connectivity index (χ4n) is 1.59. The van der Waals surface area contributed by atoms with Gasteiger partial charge in [0.25, 0.3) is 0 Å². The Kier molecular flexibility index (Phi) is 4.97. The number of carbonyl (C=O) groups is 1. The number of nitrogens with zero attached hydrogens (tertiary/aromatic N) is 1. The zero-order chi connectivity index (χ0) is 12.8. The van der Waals surface area contributed by atoms with Crippen molar-refractivity contribution in [2.45, 2.75) is 13.8 Å². The molecule has 0 radical (unpaired) electrons. The Balaban J connectivity index is 2.89. The summed E-state index contributed by atoms with van der Waals surface area (Å²) in [7, 11) is 1.62. The first-order chi connectivity index (χ1) is 8.13. The normalized spacial score (nSPS) is 12.0. The first kappa shape index (κ1) is 13.5. The van der Waals surface area contributed by atoms with Crippen molar-refractivity contribution >= 4 is 11.6 Å². The topological polar surface area (TPSA) is 55.6 Å². The van der Waals surface area contributed by atoms with Crippen LogP contribution in [0.2, 0.25) is 0 Å². The highest BCUT2D eigenvalue weighted by molar-refractivity contribution is 5.94. The predicted molar refractivity (Wildman–Crippen MR) is 69.2 cm³/mol. The van der Waals surface area contributed by atoms with E-state index in [-0.39, 0.29) is 11.8 Å². The summed E-state index contributed by atoms with van der Waals surface area (Å²) >= 11 is 0. The fraction of sp³-hybridized carbons (Fsp3) is 0.462. The second kappa shape index (κ2) is 6.25. The molecule has 0 heterocycles. The molecule has 1 aromatic rings. The van der Waals surface area contributed by atoms with E-state index in [1.807, 2.05) is 38.1 Å². The fourth-order valence-corrected chi connectivity index (χ4v) is 1.59. The van der Waals surface area contributed by atoms with Crippen LogP contribution in [0.4, 0.5) is 5.69 Å². The second-order valence-corrected chi connectivity index (χ2v) is 3.92. The van der Waals surface area contributed by atoms with Gasteiger partial charge in [-0.2, -0.15) is 0 Å². The van der Waals surface area contributed by atoms with E-state index in [1.54, 1.807) is 12.0 Å². The molecule has 0 aliphatic carbocycles. The molecule has 0 aliphatic heterocycles. The number of ether oxygens (including phenoxy) is 1. The number of methoxy groups -OCH3 is 1. The van der Waals surface area contributed by atoms with Crippen LogP contribution in [0.25, 0.3) is 0 Å². The monoisotopic (exact) mass is 236 g/mol. The number of hydrogen-bond acceptors (Lipinski definition) is 3. The average Bonchev–Trinajstić information content (AvgIpc) is 2.39. The highest BCUT2D eigenvalue weighted by atomic mass is 16.5. The van der Waals surface area contributed by atoms with Crippen LogP contribution >= 0.6 is 0 Å². The van der Waals surface area contributed by atoms with Gasteiger partial charge in [-0.15, -0.1) is 0 Å². The molecule has 2 N–H and O–H groups in total. The Morgan fingerprint density at radius 2 is 2.00 bits per heavy atom. The lowest BCUT2D eigenvalue weighted by Gasteiger charge is -2.24. The first-order valence-corrected chi connectivity index (χ1v) is 5.79. The zero-order valence-electron chi connectivity index (χ0n) is 10.6.